The van der Waals surface area contributed by atoms with Crippen LogP contribution in [-0.4, -0.2) is 42.6 Å². The van der Waals surface area contributed by atoms with Crippen LogP contribution in [-0.2, 0) is 14.4 Å². The Labute approximate surface area is 231 Å². The number of carbonyl (C=O) groups is 4. The summed E-state index contributed by atoms with van der Waals surface area (Å²) in [5.41, 5.74) is 1.99. The van der Waals surface area contributed by atoms with Crippen LogP contribution in [0, 0.1) is 10.5 Å². The van der Waals surface area contributed by atoms with Gasteiger partial charge in [0.2, 0.25) is 0 Å². The van der Waals surface area contributed by atoms with Crippen LogP contribution in [0.15, 0.2) is 66.2 Å². The Kier molecular flexibility index (Phi) is 7.96. The maximum absolute atomic E-state index is 13.1. The van der Waals surface area contributed by atoms with Gasteiger partial charge in [0, 0.05) is 5.69 Å². The lowest BCUT2D eigenvalue weighted by Crippen LogP contribution is -2.54. The molecule has 1 fully saturated rings. The van der Waals surface area contributed by atoms with Crippen molar-refractivity contribution >= 4 is 63.8 Å². The number of halogens is 1. The summed E-state index contributed by atoms with van der Waals surface area (Å²) in [5.74, 6) is -1.48. The minimum Gasteiger partial charge on any atom is -0.508 e. The molecule has 10 nitrogen and oxygen atoms in total. The van der Waals surface area contributed by atoms with Crippen molar-refractivity contribution in [2.45, 2.75) is 6.92 Å². The third-order valence-corrected chi connectivity index (χ3v) is 6.22. The van der Waals surface area contributed by atoms with E-state index in [0.29, 0.717) is 20.6 Å². The Bertz CT molecular complexity index is 1470. The summed E-state index contributed by atoms with van der Waals surface area (Å²) in [7, 11) is 1.42. The number of benzene rings is 3. The number of nitrogens with one attached hydrogen (secondary N) is 2. The quantitative estimate of drug-likeness (QED) is 0.205. The molecular weight excluding hydrogens is 605 g/mol. The van der Waals surface area contributed by atoms with E-state index < -0.39 is 17.8 Å². The lowest BCUT2D eigenvalue weighted by Gasteiger charge is -2.26. The molecular formula is C27H22IN3O7. The average Bonchev–Trinajstić information content (AvgIpc) is 2.86. The van der Waals surface area contributed by atoms with Gasteiger partial charge in [-0.3, -0.25) is 19.7 Å². The minimum atomic E-state index is -0.900. The Morgan fingerprint density at radius 2 is 1.84 bits per heavy atom. The lowest BCUT2D eigenvalue weighted by molar-refractivity contribution is -0.122. The zero-order chi connectivity index (χ0) is 27.4. The first-order chi connectivity index (χ1) is 18.2. The zero-order valence-corrected chi connectivity index (χ0v) is 22.4. The minimum absolute atomic E-state index is 0.0397. The summed E-state index contributed by atoms with van der Waals surface area (Å²) in [6.07, 6.45) is 1.33. The molecule has 1 aliphatic rings. The molecule has 3 N–H and O–H groups in total. The fourth-order valence-corrected chi connectivity index (χ4v) is 4.46. The molecule has 194 valence electrons. The largest absolute Gasteiger partial charge is 0.508 e. The number of aromatic hydroxyl groups is 1. The van der Waals surface area contributed by atoms with Gasteiger partial charge in [-0.2, -0.15) is 0 Å². The van der Waals surface area contributed by atoms with Crippen molar-refractivity contribution < 1.29 is 33.8 Å². The van der Waals surface area contributed by atoms with Crippen LogP contribution in [0.5, 0.6) is 17.2 Å². The Morgan fingerprint density at radius 1 is 1.11 bits per heavy atom. The lowest BCUT2D eigenvalue weighted by atomic mass is 10.1. The fourth-order valence-electron chi connectivity index (χ4n) is 3.68. The van der Waals surface area contributed by atoms with Gasteiger partial charge in [0.05, 0.1) is 16.4 Å². The highest BCUT2D eigenvalue weighted by molar-refractivity contribution is 14.1. The molecule has 5 amide bonds. The number of carbonyl (C=O) groups excluding carboxylic acids is 4. The molecule has 3 aromatic rings. The molecule has 0 atom stereocenters. The summed E-state index contributed by atoms with van der Waals surface area (Å²) >= 11 is 1.99. The molecule has 0 radical (unpaired) electrons. The molecule has 0 saturated carbocycles. The van der Waals surface area contributed by atoms with Crippen molar-refractivity contribution in [3.05, 3.63) is 80.9 Å². The number of anilines is 2. The Hall–Kier alpha value is -4.39. The number of barbiturate groups is 1. The number of phenols is 1. The summed E-state index contributed by atoms with van der Waals surface area (Å²) in [6, 6.07) is 15.1. The molecule has 0 unspecified atom stereocenters. The van der Waals surface area contributed by atoms with Crippen LogP contribution in [0.25, 0.3) is 6.08 Å². The molecule has 0 aliphatic carbocycles. The van der Waals surface area contributed by atoms with Crippen LogP contribution in [0.3, 0.4) is 0 Å². The van der Waals surface area contributed by atoms with Gasteiger partial charge in [0.1, 0.15) is 11.3 Å². The third-order valence-electron chi connectivity index (χ3n) is 5.42. The van der Waals surface area contributed by atoms with Crippen molar-refractivity contribution in [1.29, 1.82) is 0 Å². The van der Waals surface area contributed by atoms with E-state index in [-0.39, 0.29) is 35.3 Å². The molecule has 11 heteroatoms. The monoisotopic (exact) mass is 627 g/mol. The summed E-state index contributed by atoms with van der Waals surface area (Å²) in [6.45, 7) is 1.65. The molecule has 0 bridgehead atoms. The maximum atomic E-state index is 13.1. The summed E-state index contributed by atoms with van der Waals surface area (Å²) in [5, 5.41) is 14.4. The highest BCUT2D eigenvalue weighted by Gasteiger charge is 2.36. The number of imide groups is 2. The second kappa shape index (κ2) is 11.3. The van der Waals surface area contributed by atoms with Crippen LogP contribution < -0.4 is 25.0 Å². The van der Waals surface area contributed by atoms with Crippen molar-refractivity contribution in [3.8, 4) is 17.2 Å². The number of urea groups is 1. The van der Waals surface area contributed by atoms with Crippen molar-refractivity contribution in [1.82, 2.24) is 5.32 Å². The topological polar surface area (TPSA) is 134 Å². The van der Waals surface area contributed by atoms with E-state index >= 15 is 0 Å². The average molecular weight is 627 g/mol. The molecule has 3 aromatic carbocycles. The standard InChI is InChI=1S/C27H22IN3O7/c1-15-4-3-5-17(10-15)29-23(33)14-38-24-21(28)12-16(13-22(24)37-2)11-20-25(34)30-27(36)31(26(20)35)18-6-8-19(32)9-7-18/h3-13,32H,14H2,1-2H3,(H,29,33)(H,30,34,36)/b20-11+. The summed E-state index contributed by atoms with van der Waals surface area (Å²) in [4.78, 5) is 51.2. The Balaban J connectivity index is 1.55. The predicted octanol–water partition coefficient (Wildman–Crippen LogP) is 4.00. The number of ether oxygens (including phenoxy) is 2. The number of hydrogen-bond donors (Lipinski definition) is 3. The van der Waals surface area contributed by atoms with E-state index in [1.165, 1.54) is 37.5 Å². The molecule has 38 heavy (non-hydrogen) atoms. The first-order valence-corrected chi connectivity index (χ1v) is 12.3. The van der Waals surface area contributed by atoms with Gasteiger partial charge in [-0.1, -0.05) is 12.1 Å². The third kappa shape index (κ3) is 5.94. The van der Waals surface area contributed by atoms with Gasteiger partial charge in [0.25, 0.3) is 17.7 Å². The predicted molar refractivity (Wildman–Crippen MR) is 148 cm³/mol. The van der Waals surface area contributed by atoms with Crippen LogP contribution in [0.1, 0.15) is 11.1 Å². The van der Waals surface area contributed by atoms with Gasteiger partial charge in [-0.15, -0.1) is 0 Å². The number of nitrogens with zero attached hydrogens (tertiary/aromatic N) is 1. The van der Waals surface area contributed by atoms with Crippen LogP contribution >= 0.6 is 22.6 Å². The number of methoxy groups -OCH3 is 1. The molecule has 1 saturated heterocycles. The van der Waals surface area contributed by atoms with Crippen LogP contribution in [0.2, 0.25) is 0 Å². The Morgan fingerprint density at radius 3 is 2.53 bits per heavy atom. The number of phenolic OH excluding ortho intramolecular Hbond substituents is 1. The van der Waals surface area contributed by atoms with Crippen molar-refractivity contribution in [2.24, 2.45) is 0 Å². The number of aryl methyl sites for hydroxylation is 1. The molecule has 1 heterocycles. The van der Waals surface area contributed by atoms with Crippen LogP contribution in [0.4, 0.5) is 16.2 Å². The smallest absolute Gasteiger partial charge is 0.335 e. The number of rotatable bonds is 7. The normalized spacial score (nSPS) is 14.3. The van der Waals surface area contributed by atoms with Gasteiger partial charge in [0.15, 0.2) is 18.1 Å². The second-order valence-corrected chi connectivity index (χ2v) is 9.38. The fraction of sp³-hybridized carbons (Fsp3) is 0.111. The van der Waals surface area contributed by atoms with E-state index in [1.54, 1.807) is 18.2 Å². The van der Waals surface area contributed by atoms with Crippen molar-refractivity contribution in [2.75, 3.05) is 23.9 Å². The highest BCUT2D eigenvalue weighted by Crippen LogP contribution is 2.35. The molecule has 1 aliphatic heterocycles. The SMILES string of the molecule is COc1cc(/C=C2\C(=O)NC(=O)N(c3ccc(O)cc3)C2=O)cc(I)c1OCC(=O)Nc1cccc(C)c1. The van der Waals surface area contributed by atoms with Gasteiger partial charge < -0.3 is 19.9 Å². The number of amides is 5. The van der Waals surface area contributed by atoms with Crippen molar-refractivity contribution in [3.63, 3.8) is 0 Å². The molecule has 0 spiro atoms. The van der Waals surface area contributed by atoms with E-state index in [4.69, 9.17) is 9.47 Å². The highest BCUT2D eigenvalue weighted by atomic mass is 127. The zero-order valence-electron chi connectivity index (χ0n) is 20.3. The van der Waals surface area contributed by atoms with E-state index in [0.717, 1.165) is 10.5 Å². The molecule has 0 aromatic heterocycles. The number of hydrogen-bond acceptors (Lipinski definition) is 7. The van der Waals surface area contributed by atoms with Gasteiger partial charge in [-0.25, -0.2) is 9.69 Å². The second-order valence-electron chi connectivity index (χ2n) is 8.21. The van der Waals surface area contributed by atoms with E-state index in [1.807, 2.05) is 47.7 Å². The molecule has 4 rings (SSSR count). The van der Waals surface area contributed by atoms with E-state index in [2.05, 4.69) is 10.6 Å². The first-order valence-electron chi connectivity index (χ1n) is 11.2. The van der Waals surface area contributed by atoms with Gasteiger partial charge in [-0.05, 0) is 95.2 Å². The van der Waals surface area contributed by atoms with Gasteiger partial charge >= 0.3 is 6.03 Å². The summed E-state index contributed by atoms with van der Waals surface area (Å²) < 4.78 is 11.7. The first kappa shape index (κ1) is 26.7. The maximum Gasteiger partial charge on any atom is 0.335 e. The van der Waals surface area contributed by atoms with E-state index in [9.17, 15) is 24.3 Å².